The van der Waals surface area contributed by atoms with Crippen LogP contribution in [0.25, 0.3) is 10.8 Å². The van der Waals surface area contributed by atoms with Crippen LogP contribution in [0.4, 0.5) is 0 Å². The molecule has 0 aromatic heterocycles. The van der Waals surface area contributed by atoms with E-state index in [1.165, 1.54) is 4.90 Å². The zero-order chi connectivity index (χ0) is 17.0. The Hall–Kier alpha value is -2.98. The third kappa shape index (κ3) is 2.18. The van der Waals surface area contributed by atoms with E-state index in [1.807, 2.05) is 54.6 Å². The van der Waals surface area contributed by atoms with Crippen LogP contribution in [0.5, 0.6) is 0 Å². The average Bonchev–Trinajstić information content (AvgIpc) is 3.43. The quantitative estimate of drug-likeness (QED) is 0.545. The normalized spacial score (nSPS) is 21.7. The first-order valence-corrected chi connectivity index (χ1v) is 8.32. The number of carbonyl (C=O) groups is 2. The Balaban J connectivity index is 1.47. The molecule has 1 saturated heterocycles. The highest BCUT2D eigenvalue weighted by atomic mass is 16.6. The van der Waals surface area contributed by atoms with Crippen LogP contribution in [0.1, 0.15) is 32.4 Å². The molecule has 2 aliphatic rings. The van der Waals surface area contributed by atoms with Crippen molar-refractivity contribution in [2.24, 2.45) is 0 Å². The molecule has 4 heteroatoms. The maximum Gasteiger partial charge on any atom is 0.261 e. The number of imide groups is 1. The van der Waals surface area contributed by atoms with Gasteiger partial charge in [0.1, 0.15) is 12.2 Å². The van der Waals surface area contributed by atoms with Gasteiger partial charge < -0.3 is 4.74 Å². The van der Waals surface area contributed by atoms with Gasteiger partial charge in [0.15, 0.2) is 0 Å². The minimum atomic E-state index is -0.239. The molecule has 3 aromatic rings. The van der Waals surface area contributed by atoms with Crippen molar-refractivity contribution < 1.29 is 14.3 Å². The zero-order valence-corrected chi connectivity index (χ0v) is 13.4. The topological polar surface area (TPSA) is 49.9 Å². The summed E-state index contributed by atoms with van der Waals surface area (Å²) in [5.41, 5.74) is 2.25. The van der Waals surface area contributed by atoms with E-state index < -0.39 is 0 Å². The molecular formula is C21H15NO3. The van der Waals surface area contributed by atoms with Gasteiger partial charge in [0.25, 0.3) is 11.8 Å². The number of hydrogen-bond donors (Lipinski definition) is 0. The van der Waals surface area contributed by atoms with E-state index in [2.05, 4.69) is 0 Å². The fourth-order valence-electron chi connectivity index (χ4n) is 3.64. The highest BCUT2D eigenvalue weighted by Gasteiger charge is 2.44. The summed E-state index contributed by atoms with van der Waals surface area (Å²) in [4.78, 5) is 27.1. The molecule has 0 saturated carbocycles. The lowest BCUT2D eigenvalue weighted by Gasteiger charge is -2.26. The van der Waals surface area contributed by atoms with Crippen LogP contribution in [0.3, 0.4) is 0 Å². The van der Waals surface area contributed by atoms with E-state index in [0.717, 1.165) is 16.3 Å². The van der Waals surface area contributed by atoms with Gasteiger partial charge in [0.05, 0.1) is 6.54 Å². The standard InChI is InChI=1S/C21H15NO3/c23-20-15-10-4-8-13-9-5-11-16(18(13)15)21(24)22(20)12-17-19(25-17)14-6-2-1-3-7-14/h1-11,17,19H,12H2. The van der Waals surface area contributed by atoms with E-state index >= 15 is 0 Å². The van der Waals surface area contributed by atoms with E-state index in [9.17, 15) is 9.59 Å². The number of rotatable bonds is 3. The molecule has 0 N–H and O–H groups in total. The number of epoxide rings is 1. The van der Waals surface area contributed by atoms with E-state index in [0.29, 0.717) is 11.1 Å². The highest BCUT2D eigenvalue weighted by Crippen LogP contribution is 2.40. The lowest BCUT2D eigenvalue weighted by atomic mass is 9.94. The van der Waals surface area contributed by atoms with Crippen molar-refractivity contribution in [3.05, 3.63) is 83.4 Å². The first kappa shape index (κ1) is 14.4. The summed E-state index contributed by atoms with van der Waals surface area (Å²) < 4.78 is 5.72. The molecule has 2 aliphatic heterocycles. The van der Waals surface area contributed by atoms with Gasteiger partial charge in [-0.25, -0.2) is 0 Å². The van der Waals surface area contributed by atoms with Gasteiger partial charge in [-0.05, 0) is 23.1 Å². The Kier molecular flexibility index (Phi) is 3.02. The summed E-state index contributed by atoms with van der Waals surface area (Å²) >= 11 is 0. The van der Waals surface area contributed by atoms with Crippen LogP contribution in [0, 0.1) is 0 Å². The number of benzene rings is 3. The molecule has 1 fully saturated rings. The average molecular weight is 329 g/mol. The van der Waals surface area contributed by atoms with Gasteiger partial charge in [-0.1, -0.05) is 54.6 Å². The molecule has 2 atom stereocenters. The number of amides is 2. The number of ether oxygens (including phenoxy) is 1. The van der Waals surface area contributed by atoms with Gasteiger partial charge in [-0.3, -0.25) is 14.5 Å². The van der Waals surface area contributed by atoms with Gasteiger partial charge in [-0.15, -0.1) is 0 Å². The van der Waals surface area contributed by atoms with Crippen molar-refractivity contribution >= 4 is 22.6 Å². The SMILES string of the molecule is O=C1c2cccc3cccc(c23)C(=O)N1CC1OC1c1ccccc1. The Morgan fingerprint density at radius 3 is 2.08 bits per heavy atom. The Morgan fingerprint density at radius 1 is 0.800 bits per heavy atom. The van der Waals surface area contributed by atoms with Crippen LogP contribution in [0.2, 0.25) is 0 Å². The van der Waals surface area contributed by atoms with Gasteiger partial charge >= 0.3 is 0 Å². The predicted octanol–water partition coefficient (Wildman–Crippen LogP) is 3.58. The summed E-state index contributed by atoms with van der Waals surface area (Å²) in [6.45, 7) is 0.280. The maximum atomic E-state index is 12.9. The summed E-state index contributed by atoms with van der Waals surface area (Å²) in [5.74, 6) is -0.478. The molecule has 25 heavy (non-hydrogen) atoms. The monoisotopic (exact) mass is 329 g/mol. The van der Waals surface area contributed by atoms with Crippen molar-refractivity contribution in [3.63, 3.8) is 0 Å². The Labute approximate surface area is 144 Å². The number of carbonyl (C=O) groups excluding carboxylic acids is 2. The molecule has 0 radical (unpaired) electrons. The molecule has 0 spiro atoms. The van der Waals surface area contributed by atoms with Crippen LogP contribution in [-0.4, -0.2) is 29.4 Å². The molecular weight excluding hydrogens is 314 g/mol. The Morgan fingerprint density at radius 2 is 1.44 bits per heavy atom. The van der Waals surface area contributed by atoms with Crippen molar-refractivity contribution in [1.82, 2.24) is 4.90 Å². The second-order valence-electron chi connectivity index (χ2n) is 6.44. The zero-order valence-electron chi connectivity index (χ0n) is 13.4. The van der Waals surface area contributed by atoms with Crippen molar-refractivity contribution in [2.75, 3.05) is 6.54 Å². The second-order valence-corrected chi connectivity index (χ2v) is 6.44. The second kappa shape index (κ2) is 5.26. The fraction of sp³-hybridized carbons (Fsp3) is 0.143. The minimum absolute atomic E-state index is 0.0465. The van der Waals surface area contributed by atoms with Gasteiger partial charge in [0.2, 0.25) is 0 Å². The minimum Gasteiger partial charge on any atom is -0.363 e. The van der Waals surface area contributed by atoms with Gasteiger partial charge in [0, 0.05) is 16.5 Å². The molecule has 122 valence electrons. The molecule has 2 unspecified atom stereocenters. The van der Waals surface area contributed by atoms with Crippen LogP contribution in [-0.2, 0) is 4.74 Å². The van der Waals surface area contributed by atoms with Crippen LogP contribution >= 0.6 is 0 Å². The predicted molar refractivity (Wildman–Crippen MR) is 93.4 cm³/mol. The summed E-state index contributed by atoms with van der Waals surface area (Å²) in [6.07, 6.45) is -0.186. The molecule has 5 rings (SSSR count). The van der Waals surface area contributed by atoms with E-state index in [1.54, 1.807) is 12.1 Å². The summed E-state index contributed by atoms with van der Waals surface area (Å²) in [6, 6.07) is 21.0. The van der Waals surface area contributed by atoms with Crippen molar-refractivity contribution in [2.45, 2.75) is 12.2 Å². The molecule has 0 bridgehead atoms. The Bertz CT molecular complexity index is 961. The number of nitrogens with zero attached hydrogens (tertiary/aromatic N) is 1. The van der Waals surface area contributed by atoms with Crippen LogP contribution < -0.4 is 0 Å². The molecule has 2 amide bonds. The number of hydrogen-bond acceptors (Lipinski definition) is 3. The molecule has 3 aromatic carbocycles. The van der Waals surface area contributed by atoms with Crippen molar-refractivity contribution in [3.8, 4) is 0 Å². The van der Waals surface area contributed by atoms with E-state index in [4.69, 9.17) is 4.74 Å². The third-order valence-electron chi connectivity index (χ3n) is 4.93. The first-order chi connectivity index (χ1) is 12.2. The lowest BCUT2D eigenvalue weighted by molar-refractivity contribution is 0.0598. The molecule has 0 aliphatic carbocycles. The summed E-state index contributed by atoms with van der Waals surface area (Å²) in [5, 5.41) is 1.67. The fourth-order valence-corrected chi connectivity index (χ4v) is 3.64. The smallest absolute Gasteiger partial charge is 0.261 e. The largest absolute Gasteiger partial charge is 0.363 e. The third-order valence-corrected chi connectivity index (χ3v) is 4.93. The van der Waals surface area contributed by atoms with Crippen molar-refractivity contribution in [1.29, 1.82) is 0 Å². The van der Waals surface area contributed by atoms with E-state index in [-0.39, 0.29) is 30.6 Å². The lowest BCUT2D eigenvalue weighted by Crippen LogP contribution is -2.42. The molecule has 2 heterocycles. The molecule has 4 nitrogen and oxygen atoms in total. The highest BCUT2D eigenvalue weighted by molar-refractivity contribution is 6.25. The summed E-state index contributed by atoms with van der Waals surface area (Å²) in [7, 11) is 0. The first-order valence-electron chi connectivity index (χ1n) is 8.32. The maximum absolute atomic E-state index is 12.9. The van der Waals surface area contributed by atoms with Gasteiger partial charge in [-0.2, -0.15) is 0 Å². The van der Waals surface area contributed by atoms with Crippen LogP contribution in [0.15, 0.2) is 66.7 Å².